The van der Waals surface area contributed by atoms with Crippen LogP contribution in [-0.4, -0.2) is 68.9 Å². The van der Waals surface area contributed by atoms with E-state index in [2.05, 4.69) is 4.98 Å². The van der Waals surface area contributed by atoms with Crippen LogP contribution >= 0.6 is 11.6 Å². The number of halogens is 1. The van der Waals surface area contributed by atoms with Gasteiger partial charge in [0.2, 0.25) is 10.0 Å². The number of piperazine rings is 1. The van der Waals surface area contributed by atoms with Crippen LogP contribution in [-0.2, 0) is 10.0 Å². The van der Waals surface area contributed by atoms with Crippen molar-refractivity contribution in [2.75, 3.05) is 40.4 Å². The molecule has 10 heteroatoms. The molecule has 0 atom stereocenters. The molecule has 0 N–H and O–H groups in total. The van der Waals surface area contributed by atoms with Crippen LogP contribution in [0.3, 0.4) is 0 Å². The number of benzene rings is 1. The van der Waals surface area contributed by atoms with Gasteiger partial charge in [-0.2, -0.15) is 4.31 Å². The molecule has 1 aliphatic rings. The van der Waals surface area contributed by atoms with Gasteiger partial charge >= 0.3 is 0 Å². The van der Waals surface area contributed by atoms with Gasteiger partial charge in [-0.25, -0.2) is 13.4 Å². The van der Waals surface area contributed by atoms with Crippen LogP contribution in [0.2, 0.25) is 5.15 Å². The summed E-state index contributed by atoms with van der Waals surface area (Å²) in [5.74, 6) is 0.454. The Balaban J connectivity index is 1.75. The number of sulfonamides is 1. The zero-order chi connectivity index (χ0) is 20.3. The van der Waals surface area contributed by atoms with E-state index in [1.807, 2.05) is 0 Å². The minimum absolute atomic E-state index is 0.0380. The molecule has 0 saturated carbocycles. The smallest absolute Gasteiger partial charge is 0.255 e. The molecule has 1 amide bonds. The van der Waals surface area contributed by atoms with Gasteiger partial charge in [0.15, 0.2) is 0 Å². The minimum atomic E-state index is -3.80. The lowest BCUT2D eigenvalue weighted by Crippen LogP contribution is -2.50. The van der Waals surface area contributed by atoms with Gasteiger partial charge in [0, 0.05) is 38.4 Å². The number of pyridine rings is 1. The van der Waals surface area contributed by atoms with Crippen LogP contribution in [0.15, 0.2) is 41.4 Å². The van der Waals surface area contributed by atoms with E-state index in [-0.39, 0.29) is 42.7 Å². The van der Waals surface area contributed by atoms with Crippen molar-refractivity contribution in [1.82, 2.24) is 14.2 Å². The second-order valence-corrected chi connectivity index (χ2v) is 8.38. The third kappa shape index (κ3) is 4.06. The number of nitrogens with zero attached hydrogens (tertiary/aromatic N) is 3. The SMILES string of the molecule is COc1ccc(OC)c(S(=O)(=O)N2CCN(C(=O)c3ccc(Cl)nc3)CC2)c1. The lowest BCUT2D eigenvalue weighted by molar-refractivity contribution is 0.0697. The molecule has 2 aromatic rings. The highest BCUT2D eigenvalue weighted by molar-refractivity contribution is 7.89. The van der Waals surface area contributed by atoms with E-state index in [9.17, 15) is 13.2 Å². The van der Waals surface area contributed by atoms with Crippen molar-refractivity contribution in [3.8, 4) is 11.5 Å². The minimum Gasteiger partial charge on any atom is -0.497 e. The van der Waals surface area contributed by atoms with Gasteiger partial charge in [0.1, 0.15) is 21.5 Å². The highest BCUT2D eigenvalue weighted by Crippen LogP contribution is 2.31. The van der Waals surface area contributed by atoms with E-state index in [1.54, 1.807) is 29.2 Å². The van der Waals surface area contributed by atoms with E-state index in [1.165, 1.54) is 30.8 Å². The lowest BCUT2D eigenvalue weighted by atomic mass is 10.2. The highest BCUT2D eigenvalue weighted by Gasteiger charge is 2.32. The first kappa shape index (κ1) is 20.4. The Morgan fingerprint density at radius 2 is 1.79 bits per heavy atom. The first-order valence-corrected chi connectivity index (χ1v) is 10.3. The summed E-state index contributed by atoms with van der Waals surface area (Å²) in [6, 6.07) is 7.77. The molecule has 1 saturated heterocycles. The van der Waals surface area contributed by atoms with E-state index in [4.69, 9.17) is 21.1 Å². The van der Waals surface area contributed by atoms with Crippen LogP contribution in [0.4, 0.5) is 0 Å². The predicted molar refractivity (Wildman–Crippen MR) is 103 cm³/mol. The van der Waals surface area contributed by atoms with Crippen molar-refractivity contribution in [3.63, 3.8) is 0 Å². The summed E-state index contributed by atoms with van der Waals surface area (Å²) in [6.07, 6.45) is 1.41. The first-order valence-electron chi connectivity index (χ1n) is 8.50. The number of hydrogen-bond acceptors (Lipinski definition) is 6. The quantitative estimate of drug-likeness (QED) is 0.680. The number of carbonyl (C=O) groups is 1. The van der Waals surface area contributed by atoms with Crippen LogP contribution in [0, 0.1) is 0 Å². The summed E-state index contributed by atoms with van der Waals surface area (Å²) in [5.41, 5.74) is 0.412. The van der Waals surface area contributed by atoms with E-state index in [0.717, 1.165) is 0 Å². The fourth-order valence-corrected chi connectivity index (χ4v) is 4.65. The first-order chi connectivity index (χ1) is 13.4. The Morgan fingerprint density at radius 1 is 1.07 bits per heavy atom. The highest BCUT2D eigenvalue weighted by atomic mass is 35.5. The molecule has 150 valence electrons. The second kappa shape index (κ2) is 8.34. The molecular formula is C18H20ClN3O5S. The summed E-state index contributed by atoms with van der Waals surface area (Å²) < 4.78 is 37.8. The molecule has 1 aromatic carbocycles. The number of ether oxygens (including phenoxy) is 2. The van der Waals surface area contributed by atoms with E-state index in [0.29, 0.717) is 16.5 Å². The van der Waals surface area contributed by atoms with Gasteiger partial charge in [-0.1, -0.05) is 11.6 Å². The molecule has 1 aliphatic heterocycles. The summed E-state index contributed by atoms with van der Waals surface area (Å²) >= 11 is 5.75. The molecule has 0 aliphatic carbocycles. The van der Waals surface area contributed by atoms with Crippen molar-refractivity contribution in [2.24, 2.45) is 0 Å². The Kier molecular flexibility index (Phi) is 6.07. The molecule has 1 aromatic heterocycles. The van der Waals surface area contributed by atoms with Crippen LogP contribution in [0.1, 0.15) is 10.4 Å². The molecule has 1 fully saturated rings. The molecule has 3 rings (SSSR count). The molecule has 0 unspecified atom stereocenters. The fraction of sp³-hybridized carbons (Fsp3) is 0.333. The van der Waals surface area contributed by atoms with Gasteiger partial charge in [-0.3, -0.25) is 4.79 Å². The van der Waals surface area contributed by atoms with Crippen molar-refractivity contribution in [2.45, 2.75) is 4.90 Å². The average Bonchev–Trinajstić information content (AvgIpc) is 2.73. The van der Waals surface area contributed by atoms with Gasteiger partial charge < -0.3 is 14.4 Å². The Morgan fingerprint density at radius 3 is 2.36 bits per heavy atom. The maximum atomic E-state index is 13.1. The predicted octanol–water partition coefficient (Wildman–Crippen LogP) is 1.90. The Bertz CT molecular complexity index is 958. The van der Waals surface area contributed by atoms with Crippen molar-refractivity contribution >= 4 is 27.5 Å². The van der Waals surface area contributed by atoms with E-state index >= 15 is 0 Å². The average molecular weight is 426 g/mol. The number of methoxy groups -OCH3 is 2. The molecule has 0 bridgehead atoms. The van der Waals surface area contributed by atoms with Crippen LogP contribution in [0.5, 0.6) is 11.5 Å². The molecular weight excluding hydrogens is 406 g/mol. The van der Waals surface area contributed by atoms with Gasteiger partial charge in [0.05, 0.1) is 19.8 Å². The van der Waals surface area contributed by atoms with Crippen molar-refractivity contribution in [1.29, 1.82) is 0 Å². The summed E-state index contributed by atoms with van der Waals surface area (Å²) in [6.45, 7) is 0.894. The normalized spacial score (nSPS) is 15.3. The fourth-order valence-electron chi connectivity index (χ4n) is 2.94. The van der Waals surface area contributed by atoms with Crippen molar-refractivity contribution < 1.29 is 22.7 Å². The van der Waals surface area contributed by atoms with E-state index < -0.39 is 10.0 Å². The molecule has 8 nitrogen and oxygen atoms in total. The van der Waals surface area contributed by atoms with Crippen LogP contribution < -0.4 is 9.47 Å². The monoisotopic (exact) mass is 425 g/mol. The number of hydrogen-bond donors (Lipinski definition) is 0. The molecule has 0 radical (unpaired) electrons. The topological polar surface area (TPSA) is 89.0 Å². The third-order valence-corrected chi connectivity index (χ3v) is 6.63. The zero-order valence-electron chi connectivity index (χ0n) is 15.5. The number of aromatic nitrogens is 1. The Labute approximate surface area is 168 Å². The summed E-state index contributed by atoms with van der Waals surface area (Å²) in [5, 5.41) is 0.305. The van der Waals surface area contributed by atoms with Gasteiger partial charge in [0.25, 0.3) is 5.91 Å². The number of amides is 1. The third-order valence-electron chi connectivity index (χ3n) is 4.49. The summed E-state index contributed by atoms with van der Waals surface area (Å²) in [7, 11) is -0.915. The maximum absolute atomic E-state index is 13.1. The van der Waals surface area contributed by atoms with Gasteiger partial charge in [-0.15, -0.1) is 0 Å². The van der Waals surface area contributed by atoms with Crippen molar-refractivity contribution in [3.05, 3.63) is 47.2 Å². The van der Waals surface area contributed by atoms with Gasteiger partial charge in [-0.05, 0) is 24.3 Å². The lowest BCUT2D eigenvalue weighted by Gasteiger charge is -2.34. The molecule has 0 spiro atoms. The second-order valence-electron chi connectivity index (χ2n) is 6.08. The standard InChI is InChI=1S/C18H20ClN3O5S/c1-26-14-4-5-15(27-2)16(11-14)28(24,25)22-9-7-21(8-10-22)18(23)13-3-6-17(19)20-12-13/h3-6,11-12H,7-10H2,1-2H3. The maximum Gasteiger partial charge on any atom is 0.255 e. The largest absolute Gasteiger partial charge is 0.497 e. The van der Waals surface area contributed by atoms with Crippen LogP contribution in [0.25, 0.3) is 0 Å². The number of rotatable bonds is 5. The number of carbonyl (C=O) groups excluding carboxylic acids is 1. The molecule has 28 heavy (non-hydrogen) atoms. The molecule has 2 heterocycles. The summed E-state index contributed by atoms with van der Waals surface area (Å²) in [4.78, 5) is 18.1. The Hall–Kier alpha value is -2.36. The zero-order valence-corrected chi connectivity index (χ0v) is 17.0.